The summed E-state index contributed by atoms with van der Waals surface area (Å²) in [5.74, 6) is 0.197. The first kappa shape index (κ1) is 20.7. The molecule has 0 radical (unpaired) electrons. The number of methoxy groups -OCH3 is 1. The van der Waals surface area contributed by atoms with Crippen molar-refractivity contribution in [3.8, 4) is 17.0 Å². The maximum absolute atomic E-state index is 13.9. The highest BCUT2D eigenvalue weighted by Crippen LogP contribution is 2.40. The number of nitrogens with zero attached hydrogens (tertiary/aromatic N) is 2. The summed E-state index contributed by atoms with van der Waals surface area (Å²) in [4.78, 5) is 21.6. The van der Waals surface area contributed by atoms with E-state index in [1.54, 1.807) is 49.8 Å². The average Bonchev–Trinajstić information content (AvgIpc) is 3.14. The Morgan fingerprint density at radius 2 is 2.03 bits per heavy atom. The number of benzene rings is 1. The molecular formula is C22H18F2N4O2S. The number of amides is 1. The molecule has 3 aromatic heterocycles. The summed E-state index contributed by atoms with van der Waals surface area (Å²) in [6.45, 7) is 0.243. The normalized spacial score (nSPS) is 11.1. The Labute approximate surface area is 180 Å². The number of nitrogen functional groups attached to an aromatic ring is 1. The Hall–Kier alpha value is -3.59. The van der Waals surface area contributed by atoms with Gasteiger partial charge in [0, 0.05) is 35.5 Å². The molecule has 3 N–H and O–H groups in total. The second-order valence-corrected chi connectivity index (χ2v) is 7.69. The van der Waals surface area contributed by atoms with Crippen LogP contribution in [-0.4, -0.2) is 23.0 Å². The maximum Gasteiger partial charge on any atom is 0.264 e. The summed E-state index contributed by atoms with van der Waals surface area (Å²) >= 11 is 0.993. The fraction of sp³-hybridized carbons (Fsp3) is 0.136. The van der Waals surface area contributed by atoms with E-state index in [0.717, 1.165) is 16.9 Å². The molecule has 0 unspecified atom stereocenters. The monoisotopic (exact) mass is 440 g/mol. The number of carbonyl (C=O) groups is 1. The van der Waals surface area contributed by atoms with Crippen LogP contribution in [0.15, 0.2) is 54.9 Å². The number of halogens is 2. The lowest BCUT2D eigenvalue weighted by atomic mass is 10.1. The number of alkyl halides is 2. The van der Waals surface area contributed by atoms with Crippen molar-refractivity contribution < 1.29 is 18.3 Å². The number of carbonyl (C=O) groups excluding carboxylic acids is 1. The van der Waals surface area contributed by atoms with Gasteiger partial charge in [-0.15, -0.1) is 11.3 Å². The first-order valence-electron chi connectivity index (χ1n) is 9.30. The maximum atomic E-state index is 13.9. The molecule has 9 heteroatoms. The number of anilines is 1. The van der Waals surface area contributed by atoms with E-state index in [1.807, 2.05) is 6.07 Å². The number of aromatic nitrogens is 2. The van der Waals surface area contributed by atoms with Crippen LogP contribution in [0.5, 0.6) is 5.75 Å². The highest BCUT2D eigenvalue weighted by atomic mass is 32.1. The number of thiophene rings is 1. The van der Waals surface area contributed by atoms with E-state index in [1.165, 1.54) is 6.07 Å². The number of rotatable bonds is 6. The molecule has 158 valence electrons. The number of nitrogens with one attached hydrogen (secondary N) is 1. The summed E-state index contributed by atoms with van der Waals surface area (Å²) in [6.07, 6.45) is 0.491. The third-order valence-electron chi connectivity index (χ3n) is 4.73. The molecule has 1 aromatic carbocycles. The predicted octanol–water partition coefficient (Wildman–Crippen LogP) is 4.82. The van der Waals surface area contributed by atoms with Gasteiger partial charge >= 0.3 is 0 Å². The molecule has 1 amide bonds. The third-order valence-corrected chi connectivity index (χ3v) is 5.83. The summed E-state index contributed by atoms with van der Waals surface area (Å²) in [5, 5.41) is 2.86. The van der Waals surface area contributed by atoms with Crippen LogP contribution in [-0.2, 0) is 6.54 Å². The van der Waals surface area contributed by atoms with Crippen LogP contribution in [0.3, 0.4) is 0 Å². The first-order valence-corrected chi connectivity index (χ1v) is 10.1. The summed E-state index contributed by atoms with van der Waals surface area (Å²) in [6, 6.07) is 11.8. The zero-order chi connectivity index (χ0) is 22.0. The lowest BCUT2D eigenvalue weighted by molar-refractivity contribution is 0.0955. The first-order chi connectivity index (χ1) is 15.0. The van der Waals surface area contributed by atoms with E-state index in [4.69, 9.17) is 10.5 Å². The lowest BCUT2D eigenvalue weighted by Gasteiger charge is -2.08. The van der Waals surface area contributed by atoms with Crippen LogP contribution >= 0.6 is 11.3 Å². The average molecular weight is 440 g/mol. The number of pyridine rings is 2. The summed E-state index contributed by atoms with van der Waals surface area (Å²) < 4.78 is 32.9. The quantitative estimate of drug-likeness (QED) is 0.449. The van der Waals surface area contributed by atoms with Gasteiger partial charge in [-0.05, 0) is 42.0 Å². The number of hydrogen-bond donors (Lipinski definition) is 2. The Kier molecular flexibility index (Phi) is 5.77. The number of ether oxygens (including phenoxy) is 1. The van der Waals surface area contributed by atoms with Gasteiger partial charge in [-0.1, -0.05) is 6.07 Å². The van der Waals surface area contributed by atoms with Crippen molar-refractivity contribution in [2.75, 3.05) is 12.8 Å². The Bertz CT molecular complexity index is 1230. The zero-order valence-electron chi connectivity index (χ0n) is 16.4. The van der Waals surface area contributed by atoms with E-state index < -0.39 is 12.3 Å². The van der Waals surface area contributed by atoms with Crippen LogP contribution in [0.25, 0.3) is 21.5 Å². The van der Waals surface area contributed by atoms with E-state index in [0.29, 0.717) is 17.0 Å². The van der Waals surface area contributed by atoms with Gasteiger partial charge in [0.1, 0.15) is 15.5 Å². The molecule has 31 heavy (non-hydrogen) atoms. The molecule has 0 saturated carbocycles. The highest BCUT2D eigenvalue weighted by Gasteiger charge is 2.24. The topological polar surface area (TPSA) is 90.1 Å². The van der Waals surface area contributed by atoms with Gasteiger partial charge < -0.3 is 15.8 Å². The lowest BCUT2D eigenvalue weighted by Crippen LogP contribution is -2.22. The molecule has 6 nitrogen and oxygen atoms in total. The molecule has 0 spiro atoms. The van der Waals surface area contributed by atoms with Gasteiger partial charge in [0.25, 0.3) is 12.3 Å². The molecule has 4 aromatic rings. The van der Waals surface area contributed by atoms with Crippen molar-refractivity contribution in [1.29, 1.82) is 0 Å². The molecule has 0 fully saturated rings. The van der Waals surface area contributed by atoms with Gasteiger partial charge in [0.2, 0.25) is 0 Å². The van der Waals surface area contributed by atoms with Crippen molar-refractivity contribution in [2.45, 2.75) is 13.0 Å². The number of fused-ring (bicyclic) bond motifs is 1. The minimum Gasteiger partial charge on any atom is -0.497 e. The van der Waals surface area contributed by atoms with E-state index in [9.17, 15) is 13.6 Å². The molecule has 0 atom stereocenters. The molecule has 0 aliphatic carbocycles. The van der Waals surface area contributed by atoms with E-state index in [2.05, 4.69) is 15.3 Å². The standard InChI is InChI=1S/C22H18F2N4O2S/c1-30-14-6-4-13(5-7-14)16-9-15(20(23)24)17-18(25)19(31-22(17)28-16)21(29)27-11-12-3-2-8-26-10-12/h2-10,20H,11,25H2,1H3,(H,27,29). The SMILES string of the molecule is COc1ccc(-c2cc(C(F)F)c3c(N)c(C(=O)NCc4cccnc4)sc3n2)cc1. The molecule has 4 rings (SSSR count). The van der Waals surface area contributed by atoms with Gasteiger partial charge in [-0.2, -0.15) is 0 Å². The third kappa shape index (κ3) is 4.17. The van der Waals surface area contributed by atoms with Crippen LogP contribution in [0.2, 0.25) is 0 Å². The summed E-state index contributed by atoms with van der Waals surface area (Å²) in [7, 11) is 1.55. The van der Waals surface area contributed by atoms with Crippen molar-refractivity contribution in [1.82, 2.24) is 15.3 Å². The number of hydrogen-bond acceptors (Lipinski definition) is 6. The largest absolute Gasteiger partial charge is 0.497 e. The van der Waals surface area contributed by atoms with Crippen molar-refractivity contribution in [2.24, 2.45) is 0 Å². The number of nitrogens with two attached hydrogens (primary N) is 1. The van der Waals surface area contributed by atoms with Crippen molar-refractivity contribution >= 4 is 33.1 Å². The van der Waals surface area contributed by atoms with Crippen molar-refractivity contribution in [3.63, 3.8) is 0 Å². The molecule has 0 aliphatic rings. The van der Waals surface area contributed by atoms with Gasteiger partial charge in [0.15, 0.2) is 0 Å². The molecular weight excluding hydrogens is 422 g/mol. The van der Waals surface area contributed by atoms with Crippen LogP contribution < -0.4 is 15.8 Å². The minimum atomic E-state index is -2.77. The van der Waals surface area contributed by atoms with Crippen LogP contribution in [0.4, 0.5) is 14.5 Å². The van der Waals surface area contributed by atoms with E-state index >= 15 is 0 Å². The van der Waals surface area contributed by atoms with Crippen molar-refractivity contribution in [3.05, 3.63) is 70.9 Å². The molecule has 0 aliphatic heterocycles. The van der Waals surface area contributed by atoms with Crippen LogP contribution in [0.1, 0.15) is 27.2 Å². The Morgan fingerprint density at radius 3 is 2.68 bits per heavy atom. The smallest absolute Gasteiger partial charge is 0.264 e. The second-order valence-electron chi connectivity index (χ2n) is 6.69. The molecule has 0 bridgehead atoms. The minimum absolute atomic E-state index is 0.00719. The zero-order valence-corrected chi connectivity index (χ0v) is 17.2. The van der Waals surface area contributed by atoms with Gasteiger partial charge in [0.05, 0.1) is 18.5 Å². The Balaban J connectivity index is 1.72. The second kappa shape index (κ2) is 8.65. The van der Waals surface area contributed by atoms with Gasteiger partial charge in [-0.25, -0.2) is 13.8 Å². The summed E-state index contributed by atoms with van der Waals surface area (Å²) in [5.41, 5.74) is 7.71. The van der Waals surface area contributed by atoms with E-state index in [-0.39, 0.29) is 32.9 Å². The molecule has 3 heterocycles. The molecule has 0 saturated heterocycles. The predicted molar refractivity (Wildman–Crippen MR) is 116 cm³/mol. The fourth-order valence-corrected chi connectivity index (χ4v) is 4.21. The van der Waals surface area contributed by atoms with Crippen LogP contribution in [0, 0.1) is 0 Å². The highest BCUT2D eigenvalue weighted by molar-refractivity contribution is 7.21. The fourth-order valence-electron chi connectivity index (χ4n) is 3.17. The Morgan fingerprint density at radius 1 is 1.26 bits per heavy atom. The van der Waals surface area contributed by atoms with Gasteiger partial charge in [-0.3, -0.25) is 9.78 Å².